The molecule has 1 nitrogen and oxygen atoms in total. The first-order chi connectivity index (χ1) is 7.77. The molecule has 0 radical (unpaired) electrons. The van der Waals surface area contributed by atoms with Crippen LogP contribution in [0, 0.1) is 0 Å². The molecule has 0 aromatic heterocycles. The van der Waals surface area contributed by atoms with Crippen LogP contribution in [0.25, 0.3) is 0 Å². The smallest absolute Gasteiger partial charge is 0.408 e. The summed E-state index contributed by atoms with van der Waals surface area (Å²) in [6, 6.07) is 2.30. The largest absolute Gasteiger partial charge is 0.492 e. The van der Waals surface area contributed by atoms with Gasteiger partial charge >= 0.3 is 6.18 Å². The number of hydrogen-bond donors (Lipinski definition) is 0. The van der Waals surface area contributed by atoms with Gasteiger partial charge in [0.1, 0.15) is 5.75 Å². The quantitative estimate of drug-likeness (QED) is 0.694. The number of halogens is 6. The second-order valence-corrected chi connectivity index (χ2v) is 4.39. The van der Waals surface area contributed by atoms with Crippen LogP contribution in [0.1, 0.15) is 17.9 Å². The maximum Gasteiger partial charge on any atom is 0.408 e. The highest BCUT2D eigenvalue weighted by molar-refractivity contribution is 6.35. The maximum absolute atomic E-state index is 12.4. The number of ether oxygens (including phenoxy) is 1. The molecular formula is C10H8Cl3F3O. The van der Waals surface area contributed by atoms with E-state index in [0.717, 1.165) is 6.07 Å². The van der Waals surface area contributed by atoms with Crippen LogP contribution in [-0.4, -0.2) is 12.8 Å². The van der Waals surface area contributed by atoms with Gasteiger partial charge in [-0.3, -0.25) is 0 Å². The summed E-state index contributed by atoms with van der Waals surface area (Å²) in [4.78, 5) is 0. The first-order valence-electron chi connectivity index (χ1n) is 4.60. The van der Waals surface area contributed by atoms with Crippen molar-refractivity contribution in [2.24, 2.45) is 0 Å². The molecule has 0 saturated heterocycles. The fourth-order valence-electron chi connectivity index (χ4n) is 1.18. The minimum atomic E-state index is -4.58. The zero-order chi connectivity index (χ0) is 13.2. The second-order valence-electron chi connectivity index (χ2n) is 3.14. The molecule has 1 unspecified atom stereocenters. The molecule has 0 spiro atoms. The Morgan fingerprint density at radius 2 is 1.82 bits per heavy atom. The lowest BCUT2D eigenvalue weighted by Crippen LogP contribution is -2.16. The molecule has 0 N–H and O–H groups in total. The fraction of sp³-hybridized carbons (Fsp3) is 0.400. The lowest BCUT2D eigenvalue weighted by Gasteiger charge is -2.17. The van der Waals surface area contributed by atoms with E-state index in [9.17, 15) is 13.2 Å². The summed E-state index contributed by atoms with van der Waals surface area (Å²) in [5.74, 6) is 0.231. The van der Waals surface area contributed by atoms with Gasteiger partial charge in [0.05, 0.1) is 11.6 Å². The molecular weight excluding hydrogens is 299 g/mol. The first-order valence-corrected chi connectivity index (χ1v) is 5.79. The highest BCUT2D eigenvalue weighted by Crippen LogP contribution is 2.43. The molecule has 0 heterocycles. The average molecular weight is 308 g/mol. The van der Waals surface area contributed by atoms with Crippen molar-refractivity contribution in [2.75, 3.05) is 6.61 Å². The van der Waals surface area contributed by atoms with Crippen LogP contribution in [0.4, 0.5) is 13.2 Å². The predicted molar refractivity (Wildman–Crippen MR) is 62.3 cm³/mol. The highest BCUT2D eigenvalue weighted by Gasteiger charge is 2.40. The summed E-state index contributed by atoms with van der Waals surface area (Å²) >= 11 is 16.8. The summed E-state index contributed by atoms with van der Waals surface area (Å²) in [5, 5.41) is -2.28. The van der Waals surface area contributed by atoms with Gasteiger partial charge in [-0.25, -0.2) is 0 Å². The molecule has 0 aliphatic carbocycles. The maximum atomic E-state index is 12.4. The number of rotatable bonds is 3. The average Bonchev–Trinajstić information content (AvgIpc) is 2.21. The third kappa shape index (κ3) is 3.57. The van der Waals surface area contributed by atoms with E-state index in [4.69, 9.17) is 39.5 Å². The van der Waals surface area contributed by atoms with E-state index < -0.39 is 11.6 Å². The van der Waals surface area contributed by atoms with Gasteiger partial charge in [-0.05, 0) is 18.6 Å². The van der Waals surface area contributed by atoms with Crippen molar-refractivity contribution in [1.29, 1.82) is 0 Å². The molecule has 1 atom stereocenters. The van der Waals surface area contributed by atoms with Crippen LogP contribution < -0.4 is 4.74 Å². The van der Waals surface area contributed by atoms with Crippen LogP contribution in [0.15, 0.2) is 12.1 Å². The van der Waals surface area contributed by atoms with Crippen LogP contribution in [0.5, 0.6) is 5.75 Å². The molecule has 7 heteroatoms. The van der Waals surface area contributed by atoms with E-state index in [1.165, 1.54) is 6.07 Å². The van der Waals surface area contributed by atoms with Gasteiger partial charge in [-0.1, -0.05) is 23.2 Å². The zero-order valence-electron chi connectivity index (χ0n) is 8.62. The minimum Gasteiger partial charge on any atom is -0.492 e. The van der Waals surface area contributed by atoms with Gasteiger partial charge < -0.3 is 4.74 Å². The molecule has 1 aromatic carbocycles. The molecule has 0 aliphatic heterocycles. The molecule has 1 rings (SSSR count). The Morgan fingerprint density at radius 1 is 1.24 bits per heavy atom. The molecule has 0 fully saturated rings. The van der Waals surface area contributed by atoms with E-state index >= 15 is 0 Å². The van der Waals surface area contributed by atoms with E-state index in [0.29, 0.717) is 6.61 Å². The van der Waals surface area contributed by atoms with Gasteiger partial charge in [0.25, 0.3) is 0 Å². The lowest BCUT2D eigenvalue weighted by molar-refractivity contribution is -0.131. The topological polar surface area (TPSA) is 9.23 Å². The highest BCUT2D eigenvalue weighted by atomic mass is 35.5. The van der Waals surface area contributed by atoms with Crippen LogP contribution in [0.2, 0.25) is 10.0 Å². The Kier molecular flexibility index (Phi) is 4.81. The summed E-state index contributed by atoms with van der Waals surface area (Å²) in [6.45, 7) is 2.05. The van der Waals surface area contributed by atoms with E-state index in [1.54, 1.807) is 6.92 Å². The third-order valence-corrected chi connectivity index (χ3v) is 3.02. The standard InChI is InChI=1S/C10H8Cl3F3O/c1-2-17-8-4-6(11)5(3-7(8)12)9(13)10(14,15)16/h3-4,9H,2H2,1H3. The molecule has 0 bridgehead atoms. The third-order valence-electron chi connectivity index (χ3n) is 1.91. The molecule has 1 aromatic rings. The summed E-state index contributed by atoms with van der Waals surface area (Å²) < 4.78 is 42.4. The van der Waals surface area contributed by atoms with Gasteiger partial charge in [-0.2, -0.15) is 13.2 Å². The number of benzene rings is 1. The summed E-state index contributed by atoms with van der Waals surface area (Å²) in [7, 11) is 0. The van der Waals surface area contributed by atoms with Gasteiger partial charge in [-0.15, -0.1) is 11.6 Å². The Labute approximate surface area is 111 Å². The number of alkyl halides is 4. The van der Waals surface area contributed by atoms with Crippen LogP contribution >= 0.6 is 34.8 Å². The van der Waals surface area contributed by atoms with Gasteiger partial charge in [0, 0.05) is 11.1 Å². The minimum absolute atomic E-state index is 0.0427. The van der Waals surface area contributed by atoms with Crippen LogP contribution in [-0.2, 0) is 0 Å². The summed E-state index contributed by atoms with van der Waals surface area (Å²) in [6.07, 6.45) is -4.58. The van der Waals surface area contributed by atoms with Crippen molar-refractivity contribution in [1.82, 2.24) is 0 Å². The summed E-state index contributed by atoms with van der Waals surface area (Å²) in [5.41, 5.74) is -0.283. The molecule has 0 amide bonds. The van der Waals surface area contributed by atoms with Crippen molar-refractivity contribution in [2.45, 2.75) is 18.5 Å². The molecule has 0 saturated carbocycles. The lowest BCUT2D eigenvalue weighted by atomic mass is 10.1. The first kappa shape index (κ1) is 14.7. The van der Waals surface area contributed by atoms with Gasteiger partial charge in [0.15, 0.2) is 5.38 Å². The Morgan fingerprint density at radius 3 is 2.29 bits per heavy atom. The van der Waals surface area contributed by atoms with Crippen molar-refractivity contribution < 1.29 is 17.9 Å². The predicted octanol–water partition coefficient (Wildman–Crippen LogP) is 5.23. The Balaban J connectivity index is 3.15. The normalized spacial score (nSPS) is 13.6. The van der Waals surface area contributed by atoms with E-state index in [1.807, 2.05) is 0 Å². The zero-order valence-corrected chi connectivity index (χ0v) is 10.9. The fourth-order valence-corrected chi connectivity index (χ4v) is 1.91. The van der Waals surface area contributed by atoms with Crippen molar-refractivity contribution in [3.8, 4) is 5.75 Å². The van der Waals surface area contributed by atoms with Crippen molar-refractivity contribution >= 4 is 34.8 Å². The van der Waals surface area contributed by atoms with Crippen molar-refractivity contribution in [3.63, 3.8) is 0 Å². The molecule has 17 heavy (non-hydrogen) atoms. The molecule has 96 valence electrons. The monoisotopic (exact) mass is 306 g/mol. The molecule has 0 aliphatic rings. The SMILES string of the molecule is CCOc1cc(Cl)c(C(Cl)C(F)(F)F)cc1Cl. The van der Waals surface area contributed by atoms with E-state index in [-0.39, 0.29) is 21.4 Å². The Bertz CT molecular complexity index is 407. The second kappa shape index (κ2) is 5.55. The van der Waals surface area contributed by atoms with Gasteiger partial charge in [0.2, 0.25) is 0 Å². The van der Waals surface area contributed by atoms with Crippen LogP contribution in [0.3, 0.4) is 0 Å². The number of hydrogen-bond acceptors (Lipinski definition) is 1. The Hall–Kier alpha value is -0.320. The van der Waals surface area contributed by atoms with Crippen molar-refractivity contribution in [3.05, 3.63) is 27.7 Å². The van der Waals surface area contributed by atoms with E-state index in [2.05, 4.69) is 0 Å².